The first kappa shape index (κ1) is 37.8. The number of hydrogen-bond donors (Lipinski definition) is 0. The van der Waals surface area contributed by atoms with Crippen LogP contribution in [0.3, 0.4) is 0 Å². The van der Waals surface area contributed by atoms with E-state index >= 15 is 0 Å². The van der Waals surface area contributed by atoms with Crippen molar-refractivity contribution in [3.8, 4) is 6.07 Å². The quantitative estimate of drug-likeness (QED) is 0.209. The Kier molecular flexibility index (Phi) is 16.6. The van der Waals surface area contributed by atoms with Gasteiger partial charge in [0.25, 0.3) is 0 Å². The summed E-state index contributed by atoms with van der Waals surface area (Å²) in [5.41, 5.74) is 9.36. The average Bonchev–Trinajstić information content (AvgIpc) is 2.86. The Balaban J connectivity index is 0.000000693. The van der Waals surface area contributed by atoms with Gasteiger partial charge in [-0.15, -0.1) is 0 Å². The molecule has 0 aromatic heterocycles. The standard InChI is InChI=1S/C17H25BrO.C17H26O.C2H3N/c1-10(2)13-7-14(11(3)4)17(16(19)9-18)15(8-13)12(5)6;1-10(2)14-8-15(11(3)4)17(13(7)18)16(9-14)12(5)6;1-2-3/h7-8,10-12H,9H2,1-6H3;8-12H,1-7H3;1H3. The van der Waals surface area contributed by atoms with Gasteiger partial charge in [-0.2, -0.15) is 5.26 Å². The molecule has 0 fully saturated rings. The van der Waals surface area contributed by atoms with Gasteiger partial charge in [-0.3, -0.25) is 9.59 Å². The van der Waals surface area contributed by atoms with Crippen LogP contribution in [-0.4, -0.2) is 16.9 Å². The van der Waals surface area contributed by atoms with Gasteiger partial charge in [-0.25, -0.2) is 0 Å². The van der Waals surface area contributed by atoms with E-state index in [1.54, 1.807) is 13.0 Å². The minimum Gasteiger partial charge on any atom is -0.294 e. The van der Waals surface area contributed by atoms with Crippen molar-refractivity contribution in [3.05, 3.63) is 68.8 Å². The molecule has 0 atom stereocenters. The Hall–Kier alpha value is -2.25. The second-order valence-corrected chi connectivity index (χ2v) is 13.0. The van der Waals surface area contributed by atoms with Gasteiger partial charge in [0.1, 0.15) is 0 Å². The van der Waals surface area contributed by atoms with E-state index in [9.17, 15) is 9.59 Å². The van der Waals surface area contributed by atoms with Crippen LogP contribution in [0.5, 0.6) is 0 Å². The molecule has 0 aliphatic heterocycles. The van der Waals surface area contributed by atoms with Crippen molar-refractivity contribution in [1.29, 1.82) is 5.26 Å². The molecule has 2 aromatic carbocycles. The van der Waals surface area contributed by atoms with Gasteiger partial charge < -0.3 is 0 Å². The fourth-order valence-corrected chi connectivity index (χ4v) is 4.99. The van der Waals surface area contributed by atoms with Crippen molar-refractivity contribution in [2.24, 2.45) is 0 Å². The summed E-state index contributed by atoms with van der Waals surface area (Å²) in [6.07, 6.45) is 0. The molecule has 0 unspecified atom stereocenters. The molecular weight excluding hydrogens is 558 g/mol. The molecule has 0 radical (unpaired) electrons. The largest absolute Gasteiger partial charge is 0.294 e. The third-order valence-electron chi connectivity index (χ3n) is 7.02. The number of Topliss-reactive ketones (excluding diaryl/α,β-unsaturated/α-hetero) is 2. The lowest BCUT2D eigenvalue weighted by Crippen LogP contribution is -2.13. The molecule has 0 bridgehead atoms. The van der Waals surface area contributed by atoms with E-state index in [0.29, 0.717) is 40.8 Å². The van der Waals surface area contributed by atoms with Gasteiger partial charge in [0.15, 0.2) is 11.6 Å². The molecule has 4 heteroatoms. The molecular formula is C36H54BrNO2. The number of benzene rings is 2. The molecule has 0 heterocycles. The number of hydrogen-bond acceptors (Lipinski definition) is 3. The van der Waals surface area contributed by atoms with Crippen LogP contribution in [0.2, 0.25) is 0 Å². The number of nitrogens with zero attached hydrogens (tertiary/aromatic N) is 1. The topological polar surface area (TPSA) is 57.9 Å². The lowest BCUT2D eigenvalue weighted by Gasteiger charge is -2.21. The van der Waals surface area contributed by atoms with Crippen LogP contribution in [0, 0.1) is 11.3 Å². The minimum absolute atomic E-state index is 0.192. The molecule has 0 aliphatic carbocycles. The molecule has 2 rings (SSSR count). The summed E-state index contributed by atoms with van der Waals surface area (Å²) in [6, 6.07) is 10.6. The van der Waals surface area contributed by atoms with Gasteiger partial charge in [-0.1, -0.05) is 123 Å². The molecule has 0 amide bonds. The highest BCUT2D eigenvalue weighted by Crippen LogP contribution is 2.33. The zero-order chi connectivity index (χ0) is 31.5. The van der Waals surface area contributed by atoms with Crippen LogP contribution in [0.1, 0.15) is 187 Å². The van der Waals surface area contributed by atoms with Crippen molar-refractivity contribution < 1.29 is 9.59 Å². The number of carbonyl (C=O) groups is 2. The van der Waals surface area contributed by atoms with Gasteiger partial charge in [0, 0.05) is 18.1 Å². The molecule has 222 valence electrons. The van der Waals surface area contributed by atoms with Crippen LogP contribution in [0.15, 0.2) is 24.3 Å². The molecule has 2 aromatic rings. The van der Waals surface area contributed by atoms with Gasteiger partial charge >= 0.3 is 0 Å². The van der Waals surface area contributed by atoms with Crippen molar-refractivity contribution in [2.75, 3.05) is 5.33 Å². The van der Waals surface area contributed by atoms with E-state index in [4.69, 9.17) is 5.26 Å². The van der Waals surface area contributed by atoms with Crippen LogP contribution in [0.25, 0.3) is 0 Å². The summed E-state index contributed by atoms with van der Waals surface area (Å²) in [6.45, 7) is 29.2. The SMILES string of the molecule is CC#N.CC(=O)c1c(C(C)C)cc(C(C)C)cc1C(C)C.CC(C)c1cc(C(C)C)c(C(=O)CBr)c(C(C)C)c1. The maximum atomic E-state index is 12.3. The number of ketones is 2. The van der Waals surface area contributed by atoms with Gasteiger partial charge in [0.05, 0.1) is 11.4 Å². The van der Waals surface area contributed by atoms with Crippen LogP contribution >= 0.6 is 15.9 Å². The summed E-state index contributed by atoms with van der Waals surface area (Å²) in [5.74, 6) is 2.90. The maximum absolute atomic E-state index is 12.3. The van der Waals surface area contributed by atoms with Crippen LogP contribution < -0.4 is 0 Å². The number of nitriles is 1. The highest BCUT2D eigenvalue weighted by molar-refractivity contribution is 9.09. The summed E-state index contributed by atoms with van der Waals surface area (Å²) in [5, 5.41) is 7.72. The fourth-order valence-electron chi connectivity index (χ4n) is 4.71. The molecule has 0 saturated heterocycles. The van der Waals surface area contributed by atoms with E-state index in [0.717, 1.165) is 11.1 Å². The second kappa shape index (κ2) is 17.5. The van der Waals surface area contributed by atoms with Gasteiger partial charge in [-0.05, 0) is 75.8 Å². The lowest BCUT2D eigenvalue weighted by atomic mass is 9.83. The first-order valence-electron chi connectivity index (χ1n) is 14.7. The van der Waals surface area contributed by atoms with Crippen molar-refractivity contribution in [1.82, 2.24) is 0 Å². The maximum Gasteiger partial charge on any atom is 0.173 e. The van der Waals surface area contributed by atoms with E-state index < -0.39 is 0 Å². The van der Waals surface area contributed by atoms with E-state index in [-0.39, 0.29) is 11.6 Å². The van der Waals surface area contributed by atoms with Crippen molar-refractivity contribution >= 4 is 27.5 Å². The Morgan fingerprint density at radius 3 is 1.05 bits per heavy atom. The predicted molar refractivity (Wildman–Crippen MR) is 177 cm³/mol. The Morgan fingerprint density at radius 2 is 0.875 bits per heavy atom. The predicted octanol–water partition coefficient (Wildman–Crippen LogP) is 11.4. The number of alkyl halides is 1. The monoisotopic (exact) mass is 611 g/mol. The molecule has 3 nitrogen and oxygen atoms in total. The normalized spacial score (nSPS) is 11.0. The fraction of sp³-hybridized carbons (Fsp3) is 0.583. The average molecular weight is 613 g/mol. The van der Waals surface area contributed by atoms with E-state index in [1.165, 1.54) is 40.3 Å². The summed E-state index contributed by atoms with van der Waals surface area (Å²) in [4.78, 5) is 24.3. The smallest absolute Gasteiger partial charge is 0.173 e. The number of carbonyl (C=O) groups excluding carboxylic acids is 2. The Bertz CT molecular complexity index is 1110. The second-order valence-electron chi connectivity index (χ2n) is 12.4. The Labute approximate surface area is 254 Å². The molecule has 40 heavy (non-hydrogen) atoms. The van der Waals surface area contributed by atoms with Crippen LogP contribution in [0.4, 0.5) is 0 Å². The zero-order valence-corrected chi connectivity index (χ0v) is 29.2. The Morgan fingerprint density at radius 1 is 0.625 bits per heavy atom. The third-order valence-corrected chi connectivity index (χ3v) is 7.53. The van der Waals surface area contributed by atoms with Crippen LogP contribution in [-0.2, 0) is 0 Å². The number of rotatable bonds is 9. The lowest BCUT2D eigenvalue weighted by molar-refractivity contribution is 0.100. The zero-order valence-electron chi connectivity index (χ0n) is 27.6. The first-order chi connectivity index (χ1) is 18.5. The number of halogens is 1. The molecule has 0 saturated carbocycles. The third kappa shape index (κ3) is 10.6. The van der Waals surface area contributed by atoms with E-state index in [1.807, 2.05) is 0 Å². The van der Waals surface area contributed by atoms with Gasteiger partial charge in [0.2, 0.25) is 0 Å². The highest BCUT2D eigenvalue weighted by atomic mass is 79.9. The summed E-state index contributed by atoms with van der Waals surface area (Å²) < 4.78 is 0. The molecule has 0 spiro atoms. The molecule has 0 aliphatic rings. The van der Waals surface area contributed by atoms with E-state index in [2.05, 4.69) is 123 Å². The summed E-state index contributed by atoms with van der Waals surface area (Å²) >= 11 is 3.32. The summed E-state index contributed by atoms with van der Waals surface area (Å²) in [7, 11) is 0. The highest BCUT2D eigenvalue weighted by Gasteiger charge is 2.22. The first-order valence-corrected chi connectivity index (χ1v) is 15.8. The van der Waals surface area contributed by atoms with Crippen molar-refractivity contribution in [2.45, 2.75) is 132 Å². The molecule has 0 N–H and O–H groups in total. The minimum atomic E-state index is 0.192. The van der Waals surface area contributed by atoms with Crippen molar-refractivity contribution in [3.63, 3.8) is 0 Å².